The fourth-order valence-corrected chi connectivity index (χ4v) is 1.76. The Kier molecular flexibility index (Phi) is 8.67. The van der Waals surface area contributed by atoms with Gasteiger partial charge in [0.1, 0.15) is 5.69 Å². The van der Waals surface area contributed by atoms with Crippen LogP contribution in [0.15, 0.2) is 18.3 Å². The van der Waals surface area contributed by atoms with Gasteiger partial charge in [0.2, 0.25) is 0 Å². The van der Waals surface area contributed by atoms with Crippen LogP contribution in [-0.4, -0.2) is 31.3 Å². The first-order valence-corrected chi connectivity index (χ1v) is 7.71. The molecule has 1 N–H and O–H groups in total. The van der Waals surface area contributed by atoms with Gasteiger partial charge in [-0.2, -0.15) is 13.2 Å². The molecule has 3 nitrogen and oxygen atoms in total. The highest BCUT2D eigenvalue weighted by Crippen LogP contribution is 2.26. The van der Waals surface area contributed by atoms with Crippen LogP contribution < -0.4 is 5.32 Å². The normalized spacial score (nSPS) is 16.5. The van der Waals surface area contributed by atoms with E-state index in [9.17, 15) is 13.2 Å². The Hall–Kier alpha value is -1.58. The van der Waals surface area contributed by atoms with Crippen LogP contribution in [0.1, 0.15) is 43.9 Å². The van der Waals surface area contributed by atoms with Gasteiger partial charge in [-0.1, -0.05) is 25.2 Å². The monoisotopic (exact) mass is 328 g/mol. The van der Waals surface area contributed by atoms with Gasteiger partial charge in [0.15, 0.2) is 0 Å². The second-order valence-corrected chi connectivity index (χ2v) is 5.23. The Morgan fingerprint density at radius 2 is 2.13 bits per heavy atom. The molecule has 1 unspecified atom stereocenters. The van der Waals surface area contributed by atoms with Gasteiger partial charge in [0, 0.05) is 31.3 Å². The molecular weight excluding hydrogens is 305 g/mol. The predicted octanol–water partition coefficient (Wildman–Crippen LogP) is 3.64. The number of ether oxygens (including phenoxy) is 1. The summed E-state index contributed by atoms with van der Waals surface area (Å²) in [4.78, 5) is 3.32. The molecular formula is C17H23F3N2O. The van der Waals surface area contributed by atoms with Crippen molar-refractivity contribution in [2.45, 2.75) is 44.8 Å². The Morgan fingerprint density at radius 1 is 1.39 bits per heavy atom. The van der Waals surface area contributed by atoms with Crippen LogP contribution in [0.5, 0.6) is 0 Å². The van der Waals surface area contributed by atoms with Crippen LogP contribution in [0.3, 0.4) is 0 Å². The number of alkyl halides is 3. The summed E-state index contributed by atoms with van der Waals surface area (Å²) >= 11 is 0. The average Bonchev–Trinajstić information content (AvgIpc) is 2.48. The third-order valence-electron chi connectivity index (χ3n) is 3.24. The van der Waals surface area contributed by atoms with Crippen LogP contribution >= 0.6 is 0 Å². The standard InChI is InChI=1S/C12H12F3N.C5H11NO/c1-2-3-4-5-6-10-7-8-11(16-9-10)12(13,14)15;1-7-4-5-2-3-6-5/h7-9H,2-4H2,1H3;5-6H,2-4H2,1H3. The number of hydrogen-bond acceptors (Lipinski definition) is 3. The summed E-state index contributed by atoms with van der Waals surface area (Å²) in [6.45, 7) is 4.11. The molecule has 1 aromatic heterocycles. The zero-order chi connectivity index (χ0) is 17.1. The van der Waals surface area contributed by atoms with Gasteiger partial charge < -0.3 is 10.1 Å². The highest BCUT2D eigenvalue weighted by molar-refractivity contribution is 5.32. The zero-order valence-electron chi connectivity index (χ0n) is 13.5. The average molecular weight is 328 g/mol. The first-order chi connectivity index (χ1) is 11.0. The van der Waals surface area contributed by atoms with Crippen LogP contribution in [0.4, 0.5) is 13.2 Å². The van der Waals surface area contributed by atoms with E-state index < -0.39 is 11.9 Å². The van der Waals surface area contributed by atoms with Crippen molar-refractivity contribution in [2.24, 2.45) is 0 Å². The highest BCUT2D eigenvalue weighted by atomic mass is 19.4. The Balaban J connectivity index is 0.000000313. The van der Waals surface area contributed by atoms with Gasteiger partial charge in [0.05, 0.1) is 6.61 Å². The summed E-state index contributed by atoms with van der Waals surface area (Å²) in [7, 11) is 1.74. The first-order valence-electron chi connectivity index (χ1n) is 7.71. The molecule has 0 bridgehead atoms. The molecule has 1 saturated heterocycles. The molecule has 1 atom stereocenters. The number of halogens is 3. The molecule has 1 aliphatic rings. The van der Waals surface area contributed by atoms with Gasteiger partial charge in [-0.25, -0.2) is 0 Å². The summed E-state index contributed by atoms with van der Waals surface area (Å²) in [5.74, 6) is 5.67. The summed E-state index contributed by atoms with van der Waals surface area (Å²) in [6.07, 6.45) is 0.877. The maximum atomic E-state index is 12.2. The lowest BCUT2D eigenvalue weighted by Crippen LogP contribution is -2.45. The van der Waals surface area contributed by atoms with E-state index in [0.29, 0.717) is 11.6 Å². The highest BCUT2D eigenvalue weighted by Gasteiger charge is 2.31. The lowest BCUT2D eigenvalue weighted by atomic mass is 10.1. The number of rotatable bonds is 4. The fourth-order valence-electron chi connectivity index (χ4n) is 1.76. The Morgan fingerprint density at radius 3 is 2.52 bits per heavy atom. The lowest BCUT2D eigenvalue weighted by Gasteiger charge is -2.26. The molecule has 1 aliphatic heterocycles. The van der Waals surface area contributed by atoms with E-state index in [1.54, 1.807) is 7.11 Å². The molecule has 0 spiro atoms. The minimum atomic E-state index is -4.38. The van der Waals surface area contributed by atoms with E-state index in [1.165, 1.54) is 19.0 Å². The third-order valence-corrected chi connectivity index (χ3v) is 3.24. The van der Waals surface area contributed by atoms with Gasteiger partial charge in [-0.15, -0.1) is 0 Å². The number of nitrogens with zero attached hydrogens (tertiary/aromatic N) is 1. The lowest BCUT2D eigenvalue weighted by molar-refractivity contribution is -0.141. The second kappa shape index (κ2) is 10.2. The topological polar surface area (TPSA) is 34.1 Å². The summed E-state index contributed by atoms with van der Waals surface area (Å²) in [5, 5.41) is 3.22. The molecule has 23 heavy (non-hydrogen) atoms. The van der Waals surface area contributed by atoms with Crippen molar-refractivity contribution in [3.8, 4) is 11.8 Å². The quantitative estimate of drug-likeness (QED) is 0.677. The van der Waals surface area contributed by atoms with E-state index in [-0.39, 0.29) is 0 Å². The molecule has 0 amide bonds. The summed E-state index contributed by atoms with van der Waals surface area (Å²) < 4.78 is 41.4. The van der Waals surface area contributed by atoms with Gasteiger partial charge in [-0.05, 0) is 31.5 Å². The van der Waals surface area contributed by atoms with Crippen molar-refractivity contribution >= 4 is 0 Å². The summed E-state index contributed by atoms with van der Waals surface area (Å²) in [5.41, 5.74) is -0.365. The van der Waals surface area contributed by atoms with Crippen molar-refractivity contribution in [1.29, 1.82) is 0 Å². The van der Waals surface area contributed by atoms with Crippen molar-refractivity contribution < 1.29 is 17.9 Å². The van der Waals surface area contributed by atoms with E-state index in [1.807, 2.05) is 0 Å². The second-order valence-electron chi connectivity index (χ2n) is 5.23. The summed E-state index contributed by atoms with van der Waals surface area (Å²) in [6, 6.07) is 2.95. The van der Waals surface area contributed by atoms with Crippen molar-refractivity contribution in [3.05, 3.63) is 29.6 Å². The van der Waals surface area contributed by atoms with E-state index in [0.717, 1.165) is 38.1 Å². The Labute approximate surface area is 135 Å². The van der Waals surface area contributed by atoms with Crippen LogP contribution in [0.2, 0.25) is 0 Å². The fraction of sp³-hybridized carbons (Fsp3) is 0.588. The number of unbranched alkanes of at least 4 members (excludes halogenated alkanes) is 2. The molecule has 128 valence electrons. The smallest absolute Gasteiger partial charge is 0.383 e. The number of hydrogen-bond donors (Lipinski definition) is 1. The molecule has 1 aromatic rings. The molecule has 1 fully saturated rings. The molecule has 0 aromatic carbocycles. The first kappa shape index (κ1) is 19.5. The number of nitrogens with one attached hydrogen (secondary N) is 1. The molecule has 2 heterocycles. The molecule has 0 saturated carbocycles. The van der Waals surface area contributed by atoms with Crippen LogP contribution in [-0.2, 0) is 10.9 Å². The van der Waals surface area contributed by atoms with Crippen molar-refractivity contribution in [1.82, 2.24) is 10.3 Å². The minimum absolute atomic E-state index is 0.518. The van der Waals surface area contributed by atoms with Crippen LogP contribution in [0, 0.1) is 11.8 Å². The van der Waals surface area contributed by atoms with Gasteiger partial charge in [0.25, 0.3) is 0 Å². The van der Waals surface area contributed by atoms with E-state index in [2.05, 4.69) is 29.1 Å². The molecule has 0 radical (unpaired) electrons. The van der Waals surface area contributed by atoms with Crippen LogP contribution in [0.25, 0.3) is 0 Å². The zero-order valence-corrected chi connectivity index (χ0v) is 13.5. The van der Waals surface area contributed by atoms with E-state index >= 15 is 0 Å². The predicted molar refractivity (Wildman–Crippen MR) is 83.9 cm³/mol. The minimum Gasteiger partial charge on any atom is -0.383 e. The van der Waals surface area contributed by atoms with E-state index in [4.69, 9.17) is 4.74 Å². The number of aromatic nitrogens is 1. The van der Waals surface area contributed by atoms with Gasteiger partial charge >= 0.3 is 6.18 Å². The molecule has 0 aliphatic carbocycles. The number of methoxy groups -OCH3 is 1. The van der Waals surface area contributed by atoms with Gasteiger partial charge in [-0.3, -0.25) is 4.98 Å². The SMILES string of the molecule is CCCCC#Cc1ccc(C(F)(F)F)nc1.COCC1CCN1. The molecule has 6 heteroatoms. The molecule has 2 rings (SSSR count). The number of pyridine rings is 1. The largest absolute Gasteiger partial charge is 0.433 e. The Bertz CT molecular complexity index is 499. The maximum Gasteiger partial charge on any atom is 0.433 e. The van der Waals surface area contributed by atoms with Crippen molar-refractivity contribution in [3.63, 3.8) is 0 Å². The maximum absolute atomic E-state index is 12.2. The van der Waals surface area contributed by atoms with Crippen molar-refractivity contribution in [2.75, 3.05) is 20.3 Å². The third kappa shape index (κ3) is 8.00.